The van der Waals surface area contributed by atoms with E-state index in [1.54, 1.807) is 12.1 Å². The topological polar surface area (TPSA) is 68.0 Å². The van der Waals surface area contributed by atoms with E-state index < -0.39 is 0 Å². The number of carbonyl (C=O) groups is 1. The molecular formula is C16H22Cl2FN3OS. The summed E-state index contributed by atoms with van der Waals surface area (Å²) in [4.78, 5) is 16.3. The molecule has 4 nitrogen and oxygen atoms in total. The van der Waals surface area contributed by atoms with Crippen LogP contribution in [0.5, 0.6) is 0 Å². The van der Waals surface area contributed by atoms with Gasteiger partial charge in [0.2, 0.25) is 5.91 Å². The van der Waals surface area contributed by atoms with Gasteiger partial charge in [-0.1, -0.05) is 19.1 Å². The zero-order valence-electron chi connectivity index (χ0n) is 13.3. The van der Waals surface area contributed by atoms with E-state index in [0.717, 1.165) is 16.3 Å². The minimum atomic E-state index is -0.244. The lowest BCUT2D eigenvalue weighted by Gasteiger charge is -2.09. The highest BCUT2D eigenvalue weighted by atomic mass is 35.5. The molecule has 24 heavy (non-hydrogen) atoms. The van der Waals surface area contributed by atoms with Crippen LogP contribution in [0.15, 0.2) is 29.6 Å². The number of nitrogens with zero attached hydrogens (tertiary/aromatic N) is 1. The van der Waals surface area contributed by atoms with E-state index in [1.165, 1.54) is 23.5 Å². The maximum atomic E-state index is 12.9. The van der Waals surface area contributed by atoms with Crippen LogP contribution in [0.1, 0.15) is 23.2 Å². The Hall–Kier alpha value is -1.21. The van der Waals surface area contributed by atoms with Crippen LogP contribution < -0.4 is 11.1 Å². The summed E-state index contributed by atoms with van der Waals surface area (Å²) in [6, 6.07) is 6.38. The smallest absolute Gasteiger partial charge is 0.226 e. The first-order chi connectivity index (χ1) is 10.6. The largest absolute Gasteiger partial charge is 0.355 e. The molecule has 1 atom stereocenters. The molecule has 1 amide bonds. The maximum Gasteiger partial charge on any atom is 0.226 e. The minimum Gasteiger partial charge on any atom is -0.355 e. The number of hydrogen-bond donors (Lipinski definition) is 2. The summed E-state index contributed by atoms with van der Waals surface area (Å²) in [5.41, 5.74) is 7.28. The molecule has 0 aliphatic rings. The molecule has 0 fully saturated rings. The van der Waals surface area contributed by atoms with Crippen molar-refractivity contribution in [1.82, 2.24) is 10.3 Å². The number of halogens is 3. The summed E-state index contributed by atoms with van der Waals surface area (Å²) in [5, 5.41) is 5.67. The van der Waals surface area contributed by atoms with Crippen molar-refractivity contribution in [3.63, 3.8) is 0 Å². The molecule has 0 saturated heterocycles. The molecule has 8 heteroatoms. The number of nitrogens with two attached hydrogens (primary N) is 1. The molecule has 1 aromatic heterocycles. The van der Waals surface area contributed by atoms with Gasteiger partial charge in [-0.3, -0.25) is 4.79 Å². The normalized spacial score (nSPS) is 11.1. The monoisotopic (exact) mass is 393 g/mol. The summed E-state index contributed by atoms with van der Waals surface area (Å²) in [7, 11) is 0. The van der Waals surface area contributed by atoms with Crippen LogP contribution in [0, 0.1) is 11.7 Å². The van der Waals surface area contributed by atoms with Gasteiger partial charge < -0.3 is 11.1 Å². The molecule has 0 saturated carbocycles. The standard InChI is InChI=1S/C16H20FN3OS.2ClH/c1-11(8-18)9-19-15(21)7-14-10-22-16(20-14)6-12-2-4-13(17)5-3-12;;/h2-5,10-11H,6-9,18H2,1H3,(H,19,21);2*1H. The fourth-order valence-corrected chi connectivity index (χ4v) is 2.71. The summed E-state index contributed by atoms with van der Waals surface area (Å²) in [6.45, 7) is 3.13. The molecule has 0 bridgehead atoms. The van der Waals surface area contributed by atoms with Gasteiger partial charge in [0, 0.05) is 18.3 Å². The van der Waals surface area contributed by atoms with Crippen LogP contribution in [0.25, 0.3) is 0 Å². The highest BCUT2D eigenvalue weighted by molar-refractivity contribution is 7.09. The van der Waals surface area contributed by atoms with Crippen molar-refractivity contribution in [2.24, 2.45) is 11.7 Å². The second-order valence-electron chi connectivity index (χ2n) is 5.36. The van der Waals surface area contributed by atoms with Crippen molar-refractivity contribution in [2.45, 2.75) is 19.8 Å². The van der Waals surface area contributed by atoms with Gasteiger partial charge in [-0.25, -0.2) is 9.37 Å². The lowest BCUT2D eigenvalue weighted by atomic mass is 10.1. The van der Waals surface area contributed by atoms with Crippen LogP contribution in [-0.4, -0.2) is 24.0 Å². The molecule has 0 aliphatic carbocycles. The number of hydrogen-bond acceptors (Lipinski definition) is 4. The van der Waals surface area contributed by atoms with Gasteiger partial charge in [0.05, 0.1) is 17.1 Å². The Bertz CT molecular complexity index is 622. The van der Waals surface area contributed by atoms with Gasteiger partial charge in [-0.05, 0) is 30.2 Å². The molecule has 2 aromatic rings. The summed E-state index contributed by atoms with van der Waals surface area (Å²) < 4.78 is 12.9. The van der Waals surface area contributed by atoms with Crippen molar-refractivity contribution in [3.8, 4) is 0 Å². The third-order valence-corrected chi connectivity index (χ3v) is 4.16. The van der Waals surface area contributed by atoms with E-state index in [4.69, 9.17) is 5.73 Å². The van der Waals surface area contributed by atoms with E-state index in [0.29, 0.717) is 19.5 Å². The summed E-state index contributed by atoms with van der Waals surface area (Å²) in [6.07, 6.45) is 0.925. The Morgan fingerprint density at radius 3 is 2.62 bits per heavy atom. The first-order valence-corrected chi connectivity index (χ1v) is 8.09. The van der Waals surface area contributed by atoms with Crippen LogP contribution in [0.4, 0.5) is 4.39 Å². The number of thiazole rings is 1. The van der Waals surface area contributed by atoms with E-state index >= 15 is 0 Å². The lowest BCUT2D eigenvalue weighted by molar-refractivity contribution is -0.120. The van der Waals surface area contributed by atoms with Gasteiger partial charge in [0.1, 0.15) is 5.82 Å². The van der Waals surface area contributed by atoms with Crippen molar-refractivity contribution in [3.05, 3.63) is 51.7 Å². The minimum absolute atomic E-state index is 0. The number of nitrogens with one attached hydrogen (secondary N) is 1. The molecular weight excluding hydrogens is 372 g/mol. The molecule has 1 heterocycles. The SMILES string of the molecule is CC(CN)CNC(=O)Cc1csc(Cc2ccc(F)cc2)n1.Cl.Cl. The quantitative estimate of drug-likeness (QED) is 0.759. The summed E-state index contributed by atoms with van der Waals surface area (Å²) >= 11 is 1.51. The second-order valence-corrected chi connectivity index (χ2v) is 6.30. The zero-order chi connectivity index (χ0) is 15.9. The van der Waals surface area contributed by atoms with E-state index in [9.17, 15) is 9.18 Å². The third kappa shape index (κ3) is 7.57. The Morgan fingerprint density at radius 2 is 2.00 bits per heavy atom. The fourth-order valence-electron chi connectivity index (χ4n) is 1.89. The second kappa shape index (κ2) is 11.4. The van der Waals surface area contributed by atoms with Crippen LogP contribution >= 0.6 is 36.2 Å². The van der Waals surface area contributed by atoms with Crippen molar-refractivity contribution in [2.75, 3.05) is 13.1 Å². The number of carbonyl (C=O) groups excluding carboxylic acids is 1. The maximum absolute atomic E-state index is 12.9. The lowest BCUT2D eigenvalue weighted by Crippen LogP contribution is -2.32. The summed E-state index contributed by atoms with van der Waals surface area (Å²) in [5.74, 6) is -0.0145. The van der Waals surface area contributed by atoms with Gasteiger partial charge in [-0.2, -0.15) is 0 Å². The van der Waals surface area contributed by atoms with Crippen molar-refractivity contribution in [1.29, 1.82) is 0 Å². The Morgan fingerprint density at radius 1 is 1.33 bits per heavy atom. The number of benzene rings is 1. The van der Waals surface area contributed by atoms with E-state index in [1.807, 2.05) is 12.3 Å². The predicted molar refractivity (Wildman–Crippen MR) is 101 cm³/mol. The average Bonchev–Trinajstić information content (AvgIpc) is 2.94. The Kier molecular flexibility index (Phi) is 10.8. The zero-order valence-corrected chi connectivity index (χ0v) is 15.8. The van der Waals surface area contributed by atoms with Gasteiger partial charge in [-0.15, -0.1) is 36.2 Å². The third-order valence-electron chi connectivity index (χ3n) is 3.26. The predicted octanol–water partition coefficient (Wildman–Crippen LogP) is 2.97. The number of rotatable bonds is 7. The van der Waals surface area contributed by atoms with Crippen LogP contribution in [-0.2, 0) is 17.6 Å². The molecule has 0 aliphatic heterocycles. The Balaban J connectivity index is 0.00000264. The van der Waals surface area contributed by atoms with E-state index in [2.05, 4.69) is 10.3 Å². The van der Waals surface area contributed by atoms with Gasteiger partial charge >= 0.3 is 0 Å². The fraction of sp³-hybridized carbons (Fsp3) is 0.375. The molecule has 0 radical (unpaired) electrons. The molecule has 1 aromatic carbocycles. The highest BCUT2D eigenvalue weighted by Gasteiger charge is 2.09. The van der Waals surface area contributed by atoms with Crippen LogP contribution in [0.3, 0.4) is 0 Å². The van der Waals surface area contributed by atoms with Gasteiger partial charge in [0.15, 0.2) is 0 Å². The van der Waals surface area contributed by atoms with Crippen molar-refractivity contribution < 1.29 is 9.18 Å². The molecule has 134 valence electrons. The first-order valence-electron chi connectivity index (χ1n) is 7.21. The number of aromatic nitrogens is 1. The molecule has 0 spiro atoms. The van der Waals surface area contributed by atoms with Gasteiger partial charge in [0.25, 0.3) is 0 Å². The van der Waals surface area contributed by atoms with E-state index in [-0.39, 0.29) is 48.9 Å². The Labute approximate surface area is 157 Å². The average molecular weight is 394 g/mol. The molecule has 1 unspecified atom stereocenters. The number of amides is 1. The van der Waals surface area contributed by atoms with Crippen molar-refractivity contribution >= 4 is 42.1 Å². The molecule has 2 rings (SSSR count). The molecule has 3 N–H and O–H groups in total. The highest BCUT2D eigenvalue weighted by Crippen LogP contribution is 2.15. The van der Waals surface area contributed by atoms with Crippen LogP contribution in [0.2, 0.25) is 0 Å². The first kappa shape index (κ1) is 22.8.